The van der Waals surface area contributed by atoms with Gasteiger partial charge in [-0.15, -0.1) is 0 Å². The minimum atomic E-state index is -3.82. The molecule has 1 aliphatic carbocycles. The van der Waals surface area contributed by atoms with Crippen molar-refractivity contribution in [3.8, 4) is 0 Å². The Balaban J connectivity index is 1.69. The molecule has 2 heterocycles. The Kier molecular flexibility index (Phi) is 8.57. The second-order valence-electron chi connectivity index (χ2n) is 13.7. The van der Waals surface area contributed by atoms with Gasteiger partial charge in [-0.2, -0.15) is 0 Å². The number of halogens is 2. The Morgan fingerprint density at radius 3 is 2.30 bits per heavy atom. The molecule has 1 aromatic carbocycles. The van der Waals surface area contributed by atoms with E-state index in [0.717, 1.165) is 18.4 Å². The van der Waals surface area contributed by atoms with Crippen molar-refractivity contribution in [1.82, 2.24) is 10.0 Å². The van der Waals surface area contributed by atoms with E-state index in [1.165, 1.54) is 11.8 Å². The second-order valence-corrected chi connectivity index (χ2v) is 16.8. The van der Waals surface area contributed by atoms with Gasteiger partial charge in [0, 0.05) is 37.6 Å². The molecule has 40 heavy (non-hydrogen) atoms. The van der Waals surface area contributed by atoms with Gasteiger partial charge in [0.2, 0.25) is 15.9 Å². The van der Waals surface area contributed by atoms with Crippen LogP contribution in [0, 0.1) is 5.92 Å². The third kappa shape index (κ3) is 7.07. The zero-order valence-electron chi connectivity index (χ0n) is 24.6. The first kappa shape index (κ1) is 31.4. The highest BCUT2D eigenvalue weighted by Gasteiger charge is 2.51. The molecule has 0 bridgehead atoms. The van der Waals surface area contributed by atoms with Crippen LogP contribution >= 0.6 is 11.8 Å². The molecule has 1 aromatic rings. The number of aliphatic imine (C=N–C) groups is 1. The highest BCUT2D eigenvalue weighted by Crippen LogP contribution is 2.53. The van der Waals surface area contributed by atoms with Crippen molar-refractivity contribution in [3.63, 3.8) is 0 Å². The van der Waals surface area contributed by atoms with E-state index in [9.17, 15) is 22.0 Å². The van der Waals surface area contributed by atoms with Crippen molar-refractivity contribution in [2.75, 3.05) is 13.2 Å². The summed E-state index contributed by atoms with van der Waals surface area (Å²) >= 11 is 1.34. The lowest BCUT2D eigenvalue weighted by atomic mass is 9.74. The number of amides is 1. The van der Waals surface area contributed by atoms with Crippen LogP contribution in [0.3, 0.4) is 0 Å². The number of rotatable bonds is 7. The predicted octanol–water partition coefficient (Wildman–Crippen LogP) is 5.52. The molecule has 3 aliphatic rings. The Labute approximate surface area is 241 Å². The summed E-state index contributed by atoms with van der Waals surface area (Å²) in [5.74, 6) is -3.08. The molecule has 2 aliphatic heterocycles. The van der Waals surface area contributed by atoms with Crippen LogP contribution in [0.1, 0.15) is 91.7 Å². The molecule has 7 nitrogen and oxygen atoms in total. The van der Waals surface area contributed by atoms with Crippen LogP contribution in [0.5, 0.6) is 0 Å². The molecular formula is C29H43F2N3O4S2. The summed E-state index contributed by atoms with van der Waals surface area (Å²) in [6.07, 6.45) is 1.55. The van der Waals surface area contributed by atoms with Crippen LogP contribution in [-0.4, -0.2) is 56.1 Å². The molecule has 1 saturated heterocycles. The predicted molar refractivity (Wildman–Crippen MR) is 156 cm³/mol. The molecule has 4 rings (SSSR count). The number of thioether (sulfide) groups is 1. The first-order chi connectivity index (χ1) is 18.3. The normalized spacial score (nSPS) is 26.3. The number of hydrogen-bond donors (Lipinski definition) is 2. The lowest BCUT2D eigenvalue weighted by molar-refractivity contribution is -0.116. The lowest BCUT2D eigenvalue weighted by Gasteiger charge is -2.39. The molecular weight excluding hydrogens is 556 g/mol. The van der Waals surface area contributed by atoms with Gasteiger partial charge in [-0.1, -0.05) is 44.7 Å². The number of carbonyl (C=O) groups is 1. The van der Waals surface area contributed by atoms with Gasteiger partial charge in [-0.25, -0.2) is 21.9 Å². The third-order valence-corrected chi connectivity index (χ3v) is 11.0. The largest absolute Gasteiger partial charge is 0.381 e. The van der Waals surface area contributed by atoms with Gasteiger partial charge in [0.05, 0.1) is 15.7 Å². The number of ether oxygens (including phenoxy) is 1. The zero-order valence-corrected chi connectivity index (χ0v) is 26.2. The number of nitrogens with one attached hydrogen (secondary N) is 2. The van der Waals surface area contributed by atoms with Gasteiger partial charge in [0.15, 0.2) is 5.04 Å². The number of hydrogen-bond acceptors (Lipinski definition) is 6. The van der Waals surface area contributed by atoms with E-state index in [1.54, 1.807) is 32.9 Å². The maximum absolute atomic E-state index is 13.7. The number of nitrogens with zero attached hydrogens (tertiary/aromatic N) is 1. The van der Waals surface area contributed by atoms with E-state index in [0.29, 0.717) is 30.2 Å². The van der Waals surface area contributed by atoms with Crippen LogP contribution in [0.2, 0.25) is 0 Å². The fourth-order valence-corrected chi connectivity index (χ4v) is 8.75. The molecule has 0 aromatic heterocycles. The molecule has 0 radical (unpaired) electrons. The van der Waals surface area contributed by atoms with Gasteiger partial charge in [-0.3, -0.25) is 9.79 Å². The van der Waals surface area contributed by atoms with Gasteiger partial charge in [-0.05, 0) is 75.5 Å². The molecule has 2 unspecified atom stereocenters. The van der Waals surface area contributed by atoms with Crippen molar-refractivity contribution in [2.24, 2.45) is 10.9 Å². The summed E-state index contributed by atoms with van der Waals surface area (Å²) in [6.45, 7) is 14.4. The van der Waals surface area contributed by atoms with Crippen LogP contribution in [-0.2, 0) is 29.7 Å². The van der Waals surface area contributed by atoms with Crippen LogP contribution in [0.4, 0.5) is 8.78 Å². The first-order valence-corrected chi connectivity index (χ1v) is 16.3. The highest BCUT2D eigenvalue weighted by molar-refractivity contribution is 8.16. The van der Waals surface area contributed by atoms with Gasteiger partial charge in [0.25, 0.3) is 5.91 Å². The second kappa shape index (κ2) is 10.9. The standard InChI is InChI=1S/C29H43F2N3O4S2/c1-26(2,3)21-15-19(8-9-22(21)40(36,37)34-27(4,5)6)28(7)23(14-18-16-29(30,31)17-18)33-25(39-28)24(35)32-20-10-12-38-13-11-20/h8-9,15,18,20,23,34H,10-14,16-17H2,1-7H3,(H,32,35). The average molecular weight is 600 g/mol. The van der Waals surface area contributed by atoms with Crippen molar-refractivity contribution in [2.45, 2.75) is 119 Å². The monoisotopic (exact) mass is 599 g/mol. The number of sulfonamides is 1. The smallest absolute Gasteiger partial charge is 0.276 e. The van der Waals surface area contributed by atoms with Gasteiger partial charge < -0.3 is 10.1 Å². The molecule has 224 valence electrons. The van der Waals surface area contributed by atoms with Crippen molar-refractivity contribution >= 4 is 32.7 Å². The van der Waals surface area contributed by atoms with Gasteiger partial charge >= 0.3 is 0 Å². The SMILES string of the molecule is CC(C)(C)NS(=O)(=O)c1ccc(C2(C)SC(C(=O)NC3CCOCC3)=NC2CC2CC(F)(F)C2)cc1C(C)(C)C. The Hall–Kier alpha value is -1.56. The van der Waals surface area contributed by atoms with Crippen LogP contribution < -0.4 is 10.0 Å². The van der Waals surface area contributed by atoms with E-state index in [4.69, 9.17) is 9.73 Å². The Bertz CT molecular complexity index is 1260. The minimum absolute atomic E-state index is 0.00693. The van der Waals surface area contributed by atoms with E-state index in [1.807, 2.05) is 33.8 Å². The summed E-state index contributed by atoms with van der Waals surface area (Å²) in [6, 6.07) is 4.92. The Morgan fingerprint density at radius 1 is 1.12 bits per heavy atom. The molecule has 2 fully saturated rings. The van der Waals surface area contributed by atoms with Gasteiger partial charge in [0.1, 0.15) is 0 Å². The van der Waals surface area contributed by atoms with Crippen molar-refractivity contribution in [3.05, 3.63) is 29.3 Å². The molecule has 2 atom stereocenters. The number of alkyl halides is 2. The molecule has 0 spiro atoms. The highest BCUT2D eigenvalue weighted by atomic mass is 32.2. The fourth-order valence-electron chi connectivity index (χ4n) is 5.67. The van der Waals surface area contributed by atoms with Crippen LogP contribution in [0.25, 0.3) is 0 Å². The maximum atomic E-state index is 13.7. The average Bonchev–Trinajstić information content (AvgIpc) is 3.13. The minimum Gasteiger partial charge on any atom is -0.381 e. The summed E-state index contributed by atoms with van der Waals surface area (Å²) in [5.41, 5.74) is 0.312. The summed E-state index contributed by atoms with van der Waals surface area (Å²) < 4.78 is 61.7. The Morgan fingerprint density at radius 2 is 1.75 bits per heavy atom. The van der Waals surface area contributed by atoms with E-state index in [2.05, 4.69) is 10.0 Å². The topological polar surface area (TPSA) is 96.9 Å². The zero-order chi connectivity index (χ0) is 29.7. The van der Waals surface area contributed by atoms with Crippen molar-refractivity contribution < 1.29 is 26.7 Å². The van der Waals surface area contributed by atoms with E-state index < -0.39 is 37.7 Å². The summed E-state index contributed by atoms with van der Waals surface area (Å²) in [4.78, 5) is 18.3. The van der Waals surface area contributed by atoms with Crippen molar-refractivity contribution in [1.29, 1.82) is 0 Å². The molecule has 1 amide bonds. The first-order valence-electron chi connectivity index (χ1n) is 14.0. The summed E-state index contributed by atoms with van der Waals surface area (Å²) in [5, 5.41) is 3.41. The molecule has 2 N–H and O–H groups in total. The molecule has 11 heteroatoms. The third-order valence-electron chi connectivity index (χ3n) is 7.79. The lowest BCUT2D eigenvalue weighted by Crippen LogP contribution is -2.42. The number of carbonyl (C=O) groups excluding carboxylic acids is 1. The van der Waals surface area contributed by atoms with E-state index in [-0.39, 0.29) is 35.6 Å². The fraction of sp³-hybridized carbons (Fsp3) is 0.724. The quantitative estimate of drug-likeness (QED) is 0.430. The summed E-state index contributed by atoms with van der Waals surface area (Å²) in [7, 11) is -3.82. The molecule has 1 saturated carbocycles. The maximum Gasteiger partial charge on any atom is 0.276 e. The number of benzene rings is 1. The van der Waals surface area contributed by atoms with E-state index >= 15 is 0 Å². The van der Waals surface area contributed by atoms with Crippen LogP contribution in [0.15, 0.2) is 28.1 Å².